The highest BCUT2D eigenvalue weighted by atomic mass is 35.5. The second-order valence-corrected chi connectivity index (χ2v) is 7.21. The molecule has 5 nitrogen and oxygen atoms in total. The molecule has 0 N–H and O–H groups in total. The molecule has 1 fully saturated rings. The fraction of sp³-hybridized carbons (Fsp3) is 0.316. The van der Waals surface area contributed by atoms with Crippen LogP contribution in [0.4, 0.5) is 0 Å². The summed E-state index contributed by atoms with van der Waals surface area (Å²) in [6.07, 6.45) is 5.00. The smallest absolute Gasteiger partial charge is 0.266 e. The molecule has 0 amide bonds. The zero-order chi connectivity index (χ0) is 17.9. The summed E-state index contributed by atoms with van der Waals surface area (Å²) in [7, 11) is 0. The summed E-state index contributed by atoms with van der Waals surface area (Å²) in [6.45, 7) is 1.75. The number of benzene rings is 1. The van der Waals surface area contributed by atoms with E-state index in [1.165, 1.54) is 0 Å². The van der Waals surface area contributed by atoms with Crippen LogP contribution < -0.4 is 0 Å². The Morgan fingerprint density at radius 3 is 2.81 bits per heavy atom. The van der Waals surface area contributed by atoms with Crippen molar-refractivity contribution in [1.29, 1.82) is 0 Å². The van der Waals surface area contributed by atoms with Gasteiger partial charge < -0.3 is 4.42 Å². The van der Waals surface area contributed by atoms with E-state index in [1.807, 2.05) is 36.4 Å². The lowest BCUT2D eigenvalue weighted by atomic mass is 10.0. The maximum Gasteiger partial charge on any atom is 0.266 e. The molecule has 3 heterocycles. The van der Waals surface area contributed by atoms with Crippen LogP contribution in [0.3, 0.4) is 0 Å². The lowest BCUT2D eigenvalue weighted by Crippen LogP contribution is -2.33. The zero-order valence-corrected chi connectivity index (χ0v) is 15.6. The maximum atomic E-state index is 6.16. The summed E-state index contributed by atoms with van der Waals surface area (Å²) in [5, 5.41) is 9.63. The molecule has 7 heteroatoms. The normalized spacial score (nSPS) is 18.2. The largest absolute Gasteiger partial charge is 0.418 e. The number of piperidine rings is 1. The van der Waals surface area contributed by atoms with Gasteiger partial charge in [0.05, 0.1) is 16.1 Å². The highest BCUT2D eigenvalue weighted by Gasteiger charge is 2.29. The van der Waals surface area contributed by atoms with E-state index < -0.39 is 0 Å². The molecule has 1 aromatic carbocycles. The third kappa shape index (κ3) is 3.75. The third-order valence-corrected chi connectivity index (χ3v) is 5.33. The number of likely N-dealkylation sites (tertiary alicyclic amines) is 1. The van der Waals surface area contributed by atoms with Crippen LogP contribution in [0.25, 0.3) is 11.6 Å². The van der Waals surface area contributed by atoms with E-state index >= 15 is 0 Å². The number of halogens is 2. The van der Waals surface area contributed by atoms with Crippen molar-refractivity contribution in [3.63, 3.8) is 0 Å². The monoisotopic (exact) mass is 388 g/mol. The van der Waals surface area contributed by atoms with Crippen LogP contribution in [-0.2, 0) is 6.54 Å². The van der Waals surface area contributed by atoms with E-state index in [1.54, 1.807) is 6.20 Å². The standard InChI is InChI=1S/C19H18Cl2N4O/c20-14-8-7-13(11-15(14)21)12-25-10-4-2-6-17(25)19-24-23-18(26-19)16-5-1-3-9-22-16/h1,3,5,7-9,11,17H,2,4,6,10,12H2/t17-/m1/s1. The van der Waals surface area contributed by atoms with E-state index in [0.29, 0.717) is 27.5 Å². The van der Waals surface area contributed by atoms with Crippen molar-refractivity contribution in [3.8, 4) is 11.6 Å². The first-order valence-corrected chi connectivity index (χ1v) is 9.39. The summed E-state index contributed by atoms with van der Waals surface area (Å²) in [6, 6.07) is 11.5. The summed E-state index contributed by atoms with van der Waals surface area (Å²) < 4.78 is 5.95. The highest BCUT2D eigenvalue weighted by Crippen LogP contribution is 2.33. The van der Waals surface area contributed by atoms with Crippen LogP contribution in [0.15, 0.2) is 47.0 Å². The second kappa shape index (κ2) is 7.74. The molecule has 1 aliphatic heterocycles. The Kier molecular flexibility index (Phi) is 5.20. The van der Waals surface area contributed by atoms with Crippen LogP contribution in [0, 0.1) is 0 Å². The second-order valence-electron chi connectivity index (χ2n) is 6.39. The van der Waals surface area contributed by atoms with Crippen LogP contribution in [0.2, 0.25) is 10.0 Å². The van der Waals surface area contributed by atoms with Crippen LogP contribution in [0.5, 0.6) is 0 Å². The summed E-state index contributed by atoms with van der Waals surface area (Å²) in [5.74, 6) is 1.10. The molecule has 26 heavy (non-hydrogen) atoms. The number of aromatic nitrogens is 3. The first-order chi connectivity index (χ1) is 12.7. The van der Waals surface area contributed by atoms with Gasteiger partial charge in [0.15, 0.2) is 0 Å². The number of hydrogen-bond acceptors (Lipinski definition) is 5. The van der Waals surface area contributed by atoms with Crippen LogP contribution in [0.1, 0.15) is 36.8 Å². The van der Waals surface area contributed by atoms with E-state index in [-0.39, 0.29) is 6.04 Å². The van der Waals surface area contributed by atoms with Gasteiger partial charge in [0.1, 0.15) is 5.69 Å². The molecule has 0 bridgehead atoms. The Balaban J connectivity index is 1.56. The van der Waals surface area contributed by atoms with Gasteiger partial charge in [-0.1, -0.05) is 41.8 Å². The summed E-state index contributed by atoms with van der Waals surface area (Å²) in [4.78, 5) is 6.64. The van der Waals surface area contributed by atoms with Crippen molar-refractivity contribution in [1.82, 2.24) is 20.1 Å². The fourth-order valence-corrected chi connectivity index (χ4v) is 3.62. The zero-order valence-electron chi connectivity index (χ0n) is 14.1. The predicted octanol–water partition coefficient (Wildman–Crippen LogP) is 5.17. The van der Waals surface area contributed by atoms with Gasteiger partial charge in [0.25, 0.3) is 5.89 Å². The van der Waals surface area contributed by atoms with Crippen molar-refractivity contribution in [2.75, 3.05) is 6.54 Å². The minimum atomic E-state index is 0.100. The Hall–Kier alpha value is -1.95. The number of nitrogens with zero attached hydrogens (tertiary/aromatic N) is 4. The first kappa shape index (κ1) is 17.5. The van der Waals surface area contributed by atoms with E-state index in [2.05, 4.69) is 20.1 Å². The van der Waals surface area contributed by atoms with Crippen molar-refractivity contribution in [3.05, 3.63) is 64.1 Å². The highest BCUT2D eigenvalue weighted by molar-refractivity contribution is 6.42. The minimum absolute atomic E-state index is 0.100. The molecule has 2 aromatic heterocycles. The van der Waals surface area contributed by atoms with E-state index in [0.717, 1.165) is 37.9 Å². The van der Waals surface area contributed by atoms with Crippen molar-refractivity contribution in [2.24, 2.45) is 0 Å². The summed E-state index contributed by atoms with van der Waals surface area (Å²) in [5.41, 5.74) is 1.81. The van der Waals surface area contributed by atoms with E-state index in [9.17, 15) is 0 Å². The molecular formula is C19H18Cl2N4O. The fourth-order valence-electron chi connectivity index (χ4n) is 3.29. The third-order valence-electron chi connectivity index (χ3n) is 4.59. The molecule has 4 rings (SSSR count). The number of rotatable bonds is 4. The van der Waals surface area contributed by atoms with E-state index in [4.69, 9.17) is 27.6 Å². The molecule has 0 radical (unpaired) electrons. The first-order valence-electron chi connectivity index (χ1n) is 8.63. The topological polar surface area (TPSA) is 55.1 Å². The van der Waals surface area contributed by atoms with Gasteiger partial charge in [-0.25, -0.2) is 0 Å². The number of hydrogen-bond donors (Lipinski definition) is 0. The summed E-state index contributed by atoms with van der Waals surface area (Å²) >= 11 is 12.2. The Labute approximate surface area is 162 Å². The van der Waals surface area contributed by atoms with Gasteiger partial charge in [-0.15, -0.1) is 10.2 Å². The van der Waals surface area contributed by atoms with Gasteiger partial charge in [0, 0.05) is 12.7 Å². The minimum Gasteiger partial charge on any atom is -0.418 e. The van der Waals surface area contributed by atoms with Crippen molar-refractivity contribution >= 4 is 23.2 Å². The SMILES string of the molecule is Clc1ccc(CN2CCCC[C@@H]2c2nnc(-c3ccccn3)o2)cc1Cl. The van der Waals surface area contributed by atoms with Gasteiger partial charge >= 0.3 is 0 Å². The van der Waals surface area contributed by atoms with Gasteiger partial charge in [-0.3, -0.25) is 9.88 Å². The lowest BCUT2D eigenvalue weighted by Gasteiger charge is -2.33. The Morgan fingerprint density at radius 1 is 1.08 bits per heavy atom. The molecule has 134 valence electrons. The number of pyridine rings is 1. The molecule has 0 spiro atoms. The van der Waals surface area contributed by atoms with Gasteiger partial charge in [-0.05, 0) is 49.2 Å². The molecule has 3 aromatic rings. The Morgan fingerprint density at radius 2 is 2.00 bits per heavy atom. The lowest BCUT2D eigenvalue weighted by molar-refractivity contribution is 0.118. The molecule has 1 saturated heterocycles. The average molecular weight is 389 g/mol. The van der Waals surface area contributed by atoms with Gasteiger partial charge in [-0.2, -0.15) is 0 Å². The molecule has 1 aliphatic rings. The molecule has 0 saturated carbocycles. The molecule has 0 aliphatic carbocycles. The maximum absolute atomic E-state index is 6.16. The average Bonchev–Trinajstić information content (AvgIpc) is 3.16. The Bertz CT molecular complexity index is 884. The van der Waals surface area contributed by atoms with Crippen LogP contribution >= 0.6 is 23.2 Å². The quantitative estimate of drug-likeness (QED) is 0.617. The van der Waals surface area contributed by atoms with Crippen molar-refractivity contribution < 1.29 is 4.42 Å². The molecule has 1 atom stereocenters. The molecular weight excluding hydrogens is 371 g/mol. The van der Waals surface area contributed by atoms with Crippen LogP contribution in [-0.4, -0.2) is 26.6 Å². The van der Waals surface area contributed by atoms with Crippen molar-refractivity contribution in [2.45, 2.75) is 31.8 Å². The predicted molar refractivity (Wildman–Crippen MR) is 101 cm³/mol. The van der Waals surface area contributed by atoms with Gasteiger partial charge in [0.2, 0.25) is 5.89 Å². The molecule has 0 unspecified atom stereocenters.